The minimum Gasteiger partial charge on any atom is -0.351 e. The number of rotatable bonds is 7. The van der Waals surface area contributed by atoms with E-state index in [1.807, 2.05) is 74.5 Å². The maximum Gasteiger partial charge on any atom is 0.251 e. The predicted octanol–water partition coefficient (Wildman–Crippen LogP) is 3.89. The van der Waals surface area contributed by atoms with Gasteiger partial charge in [0.1, 0.15) is 0 Å². The van der Waals surface area contributed by atoms with Crippen LogP contribution in [0.25, 0.3) is 11.3 Å². The van der Waals surface area contributed by atoms with E-state index in [0.717, 1.165) is 49.7 Å². The smallest absolute Gasteiger partial charge is 0.251 e. The van der Waals surface area contributed by atoms with Gasteiger partial charge in [0.05, 0.1) is 5.69 Å². The van der Waals surface area contributed by atoms with E-state index < -0.39 is 0 Å². The van der Waals surface area contributed by atoms with Crippen molar-refractivity contribution in [2.24, 2.45) is 0 Å². The van der Waals surface area contributed by atoms with Gasteiger partial charge >= 0.3 is 0 Å². The lowest BCUT2D eigenvalue weighted by Crippen LogP contribution is -2.46. The topological polar surface area (TPSA) is 73.4 Å². The third-order valence-electron chi connectivity index (χ3n) is 5.42. The molecule has 1 amide bonds. The number of nitrogens with one attached hydrogen (secondary N) is 2. The van der Waals surface area contributed by atoms with Gasteiger partial charge in [-0.3, -0.25) is 9.69 Å². The molecule has 0 radical (unpaired) electrons. The Bertz CT molecular complexity index is 1000. The van der Waals surface area contributed by atoms with Crippen molar-refractivity contribution < 1.29 is 4.79 Å². The molecular formula is C26H34N6O. The monoisotopic (exact) mass is 446 g/mol. The Hall–Kier alpha value is -3.29. The summed E-state index contributed by atoms with van der Waals surface area (Å²) in [6, 6.07) is 19.3. The number of anilines is 2. The molecule has 0 aliphatic carbocycles. The first kappa shape index (κ1) is 24.4. The van der Waals surface area contributed by atoms with Crippen LogP contribution in [0.15, 0.2) is 66.9 Å². The summed E-state index contributed by atoms with van der Waals surface area (Å²) in [4.78, 5) is 26.2. The number of amides is 1. The zero-order valence-electron chi connectivity index (χ0n) is 19.8. The first-order valence-electron chi connectivity index (χ1n) is 11.6. The number of likely N-dealkylation sites (N-methyl/N-ethyl adjacent to an activating group) is 1. The van der Waals surface area contributed by atoms with Crippen molar-refractivity contribution in [3.05, 3.63) is 72.4 Å². The van der Waals surface area contributed by atoms with E-state index >= 15 is 0 Å². The minimum atomic E-state index is -0.0725. The zero-order valence-corrected chi connectivity index (χ0v) is 19.8. The highest BCUT2D eigenvalue weighted by Gasteiger charge is 2.14. The van der Waals surface area contributed by atoms with Gasteiger partial charge in [0.2, 0.25) is 5.95 Å². The van der Waals surface area contributed by atoms with Crippen LogP contribution in [0.2, 0.25) is 0 Å². The van der Waals surface area contributed by atoms with Crippen LogP contribution < -0.4 is 10.6 Å². The van der Waals surface area contributed by atoms with Crippen molar-refractivity contribution in [3.63, 3.8) is 0 Å². The van der Waals surface area contributed by atoms with E-state index in [1.165, 1.54) is 0 Å². The molecule has 2 N–H and O–H groups in total. The lowest BCUT2D eigenvalue weighted by Gasteiger charge is -2.32. The van der Waals surface area contributed by atoms with E-state index in [4.69, 9.17) is 0 Å². The molecule has 0 unspecified atom stereocenters. The molecule has 0 spiro atoms. The third-order valence-corrected chi connectivity index (χ3v) is 5.42. The van der Waals surface area contributed by atoms with Gasteiger partial charge in [-0.2, -0.15) is 0 Å². The fraction of sp³-hybridized carbons (Fsp3) is 0.346. The van der Waals surface area contributed by atoms with E-state index in [1.54, 1.807) is 6.20 Å². The van der Waals surface area contributed by atoms with E-state index in [9.17, 15) is 4.79 Å². The van der Waals surface area contributed by atoms with Gasteiger partial charge in [0.15, 0.2) is 0 Å². The predicted molar refractivity (Wildman–Crippen MR) is 135 cm³/mol. The second-order valence-corrected chi connectivity index (χ2v) is 7.74. The zero-order chi connectivity index (χ0) is 23.5. The fourth-order valence-electron chi connectivity index (χ4n) is 3.56. The average Bonchev–Trinajstić information content (AvgIpc) is 2.87. The van der Waals surface area contributed by atoms with Gasteiger partial charge in [-0.1, -0.05) is 50.2 Å². The lowest BCUT2D eigenvalue weighted by atomic mass is 10.1. The molecule has 1 aromatic heterocycles. The molecule has 2 aromatic carbocycles. The Morgan fingerprint density at radius 3 is 2.48 bits per heavy atom. The molecule has 174 valence electrons. The summed E-state index contributed by atoms with van der Waals surface area (Å²) in [5, 5.41) is 6.23. The van der Waals surface area contributed by atoms with E-state index in [-0.39, 0.29) is 5.91 Å². The molecule has 1 aliphatic heterocycles. The molecule has 7 heteroatoms. The van der Waals surface area contributed by atoms with Crippen LogP contribution in [-0.4, -0.2) is 72.0 Å². The minimum absolute atomic E-state index is 0.0725. The standard InChI is InChI=1S/C24H28N6O.C2H6/c1-29-14-16-30(17-15-29)13-12-25-23(31)20-8-5-9-21(18-20)27-24-26-11-10-22(28-24)19-6-3-2-4-7-19;1-2/h2-11,18H,12-17H2,1H3,(H,25,31)(H,26,27,28);1-2H3. The van der Waals surface area contributed by atoms with Gasteiger partial charge in [-0.05, 0) is 31.3 Å². The number of aromatic nitrogens is 2. The SMILES string of the molecule is CC.CN1CCN(CCNC(=O)c2cccc(Nc3nccc(-c4ccccc4)n3)c2)CC1. The first-order valence-corrected chi connectivity index (χ1v) is 11.6. The number of carbonyl (C=O) groups is 1. The normalized spacial score (nSPS) is 14.2. The van der Waals surface area contributed by atoms with Crippen LogP contribution in [0.3, 0.4) is 0 Å². The highest BCUT2D eigenvalue weighted by molar-refractivity contribution is 5.95. The quantitative estimate of drug-likeness (QED) is 0.574. The molecule has 33 heavy (non-hydrogen) atoms. The Morgan fingerprint density at radius 2 is 1.73 bits per heavy atom. The van der Waals surface area contributed by atoms with Crippen LogP contribution in [0, 0.1) is 0 Å². The number of hydrogen-bond donors (Lipinski definition) is 2. The second-order valence-electron chi connectivity index (χ2n) is 7.74. The van der Waals surface area contributed by atoms with E-state index in [2.05, 4.69) is 37.4 Å². The van der Waals surface area contributed by atoms with Gasteiger partial charge in [-0.25, -0.2) is 9.97 Å². The number of benzene rings is 2. The van der Waals surface area contributed by atoms with Crippen molar-refractivity contribution in [3.8, 4) is 11.3 Å². The Balaban J connectivity index is 0.00000149. The van der Waals surface area contributed by atoms with Crippen molar-refractivity contribution in [2.75, 3.05) is 51.6 Å². The summed E-state index contributed by atoms with van der Waals surface area (Å²) in [7, 11) is 2.14. The summed E-state index contributed by atoms with van der Waals surface area (Å²) in [6.07, 6.45) is 1.73. The molecule has 0 bridgehead atoms. The number of carbonyl (C=O) groups excluding carboxylic acids is 1. The summed E-state index contributed by atoms with van der Waals surface area (Å²) < 4.78 is 0. The number of hydrogen-bond acceptors (Lipinski definition) is 6. The molecule has 1 saturated heterocycles. The summed E-state index contributed by atoms with van der Waals surface area (Å²) >= 11 is 0. The molecular weight excluding hydrogens is 412 g/mol. The van der Waals surface area contributed by atoms with Crippen molar-refractivity contribution >= 4 is 17.5 Å². The summed E-state index contributed by atoms with van der Waals surface area (Å²) in [5.74, 6) is 0.422. The maximum atomic E-state index is 12.6. The highest BCUT2D eigenvalue weighted by Crippen LogP contribution is 2.19. The van der Waals surface area contributed by atoms with Crippen LogP contribution in [0.4, 0.5) is 11.6 Å². The number of piperazine rings is 1. The fourth-order valence-corrected chi connectivity index (χ4v) is 3.56. The van der Waals surface area contributed by atoms with Crippen LogP contribution in [0.5, 0.6) is 0 Å². The lowest BCUT2D eigenvalue weighted by molar-refractivity contribution is 0.0941. The summed E-state index contributed by atoms with van der Waals surface area (Å²) in [6.45, 7) is 9.77. The first-order chi connectivity index (χ1) is 16.2. The molecule has 4 rings (SSSR count). The van der Waals surface area contributed by atoms with Crippen molar-refractivity contribution in [1.29, 1.82) is 0 Å². The molecule has 2 heterocycles. The van der Waals surface area contributed by atoms with Gasteiger partial charge in [-0.15, -0.1) is 0 Å². The van der Waals surface area contributed by atoms with Gasteiger partial charge in [0.25, 0.3) is 5.91 Å². The molecule has 1 fully saturated rings. The molecule has 1 aliphatic rings. The summed E-state index contributed by atoms with van der Waals surface area (Å²) in [5.41, 5.74) is 3.26. The Morgan fingerprint density at radius 1 is 0.970 bits per heavy atom. The second kappa shape index (κ2) is 12.7. The Kier molecular flexibility index (Phi) is 9.35. The van der Waals surface area contributed by atoms with E-state index in [0.29, 0.717) is 18.1 Å². The van der Waals surface area contributed by atoms with Crippen LogP contribution in [0.1, 0.15) is 24.2 Å². The average molecular weight is 447 g/mol. The largest absolute Gasteiger partial charge is 0.351 e. The van der Waals surface area contributed by atoms with Gasteiger partial charge in [0, 0.05) is 62.3 Å². The molecule has 0 atom stereocenters. The van der Waals surface area contributed by atoms with Crippen LogP contribution in [-0.2, 0) is 0 Å². The Labute approximate surface area is 196 Å². The van der Waals surface area contributed by atoms with Gasteiger partial charge < -0.3 is 15.5 Å². The van der Waals surface area contributed by atoms with Crippen molar-refractivity contribution in [2.45, 2.75) is 13.8 Å². The third kappa shape index (κ3) is 7.37. The number of nitrogens with zero attached hydrogens (tertiary/aromatic N) is 4. The molecule has 0 saturated carbocycles. The van der Waals surface area contributed by atoms with Crippen LogP contribution >= 0.6 is 0 Å². The molecule has 7 nitrogen and oxygen atoms in total. The molecule has 3 aromatic rings. The maximum absolute atomic E-state index is 12.6. The highest BCUT2D eigenvalue weighted by atomic mass is 16.1. The van der Waals surface area contributed by atoms with Crippen molar-refractivity contribution in [1.82, 2.24) is 25.1 Å².